The molecule has 0 unspecified atom stereocenters. The molecule has 0 fully saturated rings. The van der Waals surface area contributed by atoms with Crippen molar-refractivity contribution in [3.8, 4) is 5.88 Å². The molecule has 0 saturated carbocycles. The standard InChI is InChI=1S/C11H16N2O3/c1-7(14)5-6-9(15)10-8(2)12-13(3)11(10)16-4/h5-6H2,1-4H3. The van der Waals surface area contributed by atoms with E-state index in [-0.39, 0.29) is 24.4 Å². The van der Waals surface area contributed by atoms with E-state index in [1.165, 1.54) is 18.7 Å². The minimum atomic E-state index is -0.0994. The van der Waals surface area contributed by atoms with Gasteiger partial charge < -0.3 is 9.53 Å². The first-order chi connectivity index (χ1) is 7.47. The van der Waals surface area contributed by atoms with E-state index >= 15 is 0 Å². The number of ketones is 2. The lowest BCUT2D eigenvalue weighted by Crippen LogP contribution is -2.05. The van der Waals surface area contributed by atoms with Crippen molar-refractivity contribution in [2.75, 3.05) is 7.11 Å². The van der Waals surface area contributed by atoms with E-state index in [2.05, 4.69) is 5.10 Å². The molecule has 16 heavy (non-hydrogen) atoms. The molecule has 1 rings (SSSR count). The van der Waals surface area contributed by atoms with Crippen molar-refractivity contribution in [2.24, 2.45) is 7.05 Å². The van der Waals surface area contributed by atoms with Gasteiger partial charge in [0, 0.05) is 19.9 Å². The summed E-state index contributed by atoms with van der Waals surface area (Å²) in [7, 11) is 3.21. The zero-order valence-electron chi connectivity index (χ0n) is 10.0. The number of Topliss-reactive ketones (excluding diaryl/α,β-unsaturated/α-hetero) is 2. The Morgan fingerprint density at radius 2 is 2.00 bits per heavy atom. The molecule has 0 aliphatic rings. The molecular formula is C11H16N2O3. The number of methoxy groups -OCH3 is 1. The van der Waals surface area contributed by atoms with Crippen LogP contribution in [0.15, 0.2) is 0 Å². The van der Waals surface area contributed by atoms with E-state index in [1.807, 2.05) is 0 Å². The fourth-order valence-electron chi connectivity index (χ4n) is 1.61. The number of rotatable bonds is 5. The molecule has 0 amide bonds. The maximum Gasteiger partial charge on any atom is 0.222 e. The molecule has 0 atom stereocenters. The lowest BCUT2D eigenvalue weighted by molar-refractivity contribution is -0.116. The van der Waals surface area contributed by atoms with Crippen LogP contribution in [-0.4, -0.2) is 28.5 Å². The van der Waals surface area contributed by atoms with E-state index in [4.69, 9.17) is 4.74 Å². The molecule has 5 nitrogen and oxygen atoms in total. The Morgan fingerprint density at radius 1 is 1.38 bits per heavy atom. The third-order valence-electron chi connectivity index (χ3n) is 2.35. The summed E-state index contributed by atoms with van der Waals surface area (Å²) in [6.07, 6.45) is 0.467. The first-order valence-corrected chi connectivity index (χ1v) is 5.07. The molecular weight excluding hydrogens is 208 g/mol. The Hall–Kier alpha value is -1.65. The van der Waals surface area contributed by atoms with Crippen molar-refractivity contribution in [1.29, 1.82) is 0 Å². The van der Waals surface area contributed by atoms with Crippen molar-refractivity contribution in [3.05, 3.63) is 11.3 Å². The quantitative estimate of drug-likeness (QED) is 0.707. The van der Waals surface area contributed by atoms with Crippen LogP contribution in [0, 0.1) is 6.92 Å². The predicted octanol–water partition coefficient (Wildman–Crippen LogP) is 1.29. The van der Waals surface area contributed by atoms with Gasteiger partial charge in [-0.05, 0) is 13.8 Å². The van der Waals surface area contributed by atoms with Crippen LogP contribution in [0.2, 0.25) is 0 Å². The molecule has 1 aromatic rings. The summed E-state index contributed by atoms with van der Waals surface area (Å²) >= 11 is 0. The van der Waals surface area contributed by atoms with Gasteiger partial charge in [-0.25, -0.2) is 4.68 Å². The minimum Gasteiger partial charge on any atom is -0.481 e. The second-order valence-corrected chi connectivity index (χ2v) is 3.72. The van der Waals surface area contributed by atoms with E-state index in [0.717, 1.165) is 0 Å². The van der Waals surface area contributed by atoms with Crippen LogP contribution in [0.3, 0.4) is 0 Å². The first kappa shape index (κ1) is 12.4. The van der Waals surface area contributed by atoms with Crippen molar-refractivity contribution >= 4 is 11.6 Å². The summed E-state index contributed by atoms with van der Waals surface area (Å²) in [6, 6.07) is 0. The van der Waals surface area contributed by atoms with Crippen LogP contribution in [0.5, 0.6) is 5.88 Å². The van der Waals surface area contributed by atoms with Gasteiger partial charge in [-0.3, -0.25) is 4.79 Å². The Kier molecular flexibility index (Phi) is 3.82. The molecule has 5 heteroatoms. The second kappa shape index (κ2) is 4.92. The van der Waals surface area contributed by atoms with E-state index < -0.39 is 0 Å². The normalized spacial score (nSPS) is 10.2. The summed E-state index contributed by atoms with van der Waals surface area (Å²) in [4.78, 5) is 22.7. The van der Waals surface area contributed by atoms with Crippen molar-refractivity contribution in [3.63, 3.8) is 0 Å². The van der Waals surface area contributed by atoms with Gasteiger partial charge in [-0.2, -0.15) is 5.10 Å². The van der Waals surface area contributed by atoms with Gasteiger partial charge >= 0.3 is 0 Å². The van der Waals surface area contributed by atoms with Crippen molar-refractivity contribution in [1.82, 2.24) is 9.78 Å². The SMILES string of the molecule is COc1c(C(=O)CCC(C)=O)c(C)nn1C. The van der Waals surface area contributed by atoms with Crippen molar-refractivity contribution in [2.45, 2.75) is 26.7 Å². The number of carbonyl (C=O) groups excluding carboxylic acids is 2. The summed E-state index contributed by atoms with van der Waals surface area (Å²) in [5, 5.41) is 4.12. The Labute approximate surface area is 94.4 Å². The molecule has 0 spiro atoms. The van der Waals surface area contributed by atoms with Crippen LogP contribution in [0.1, 0.15) is 35.8 Å². The molecule has 0 radical (unpaired) electrons. The third-order valence-corrected chi connectivity index (χ3v) is 2.35. The molecule has 0 aromatic carbocycles. The number of carbonyl (C=O) groups is 2. The Bertz CT molecular complexity index is 421. The number of nitrogens with zero attached hydrogens (tertiary/aromatic N) is 2. The fourth-order valence-corrected chi connectivity index (χ4v) is 1.61. The summed E-state index contributed by atoms with van der Waals surface area (Å²) in [6.45, 7) is 3.23. The number of aromatic nitrogens is 2. The zero-order valence-corrected chi connectivity index (χ0v) is 10.0. The fraction of sp³-hybridized carbons (Fsp3) is 0.545. The molecule has 0 aliphatic heterocycles. The average molecular weight is 224 g/mol. The van der Waals surface area contributed by atoms with Crippen LogP contribution in [0.4, 0.5) is 0 Å². The Balaban J connectivity index is 2.94. The molecule has 0 N–H and O–H groups in total. The third kappa shape index (κ3) is 2.48. The van der Waals surface area contributed by atoms with Crippen LogP contribution in [-0.2, 0) is 11.8 Å². The van der Waals surface area contributed by atoms with Gasteiger partial charge in [0.15, 0.2) is 5.78 Å². The second-order valence-electron chi connectivity index (χ2n) is 3.72. The van der Waals surface area contributed by atoms with Crippen LogP contribution >= 0.6 is 0 Å². The maximum absolute atomic E-state index is 11.9. The summed E-state index contributed by atoms with van der Waals surface area (Å²) in [5.74, 6) is 0.359. The van der Waals surface area contributed by atoms with Crippen LogP contribution < -0.4 is 4.74 Å². The topological polar surface area (TPSA) is 61.2 Å². The van der Waals surface area contributed by atoms with E-state index in [9.17, 15) is 9.59 Å². The summed E-state index contributed by atoms with van der Waals surface area (Å²) in [5.41, 5.74) is 1.11. The number of aryl methyl sites for hydroxylation is 2. The van der Waals surface area contributed by atoms with Gasteiger partial charge in [-0.1, -0.05) is 0 Å². The van der Waals surface area contributed by atoms with Crippen molar-refractivity contribution < 1.29 is 14.3 Å². The number of hydrogen-bond donors (Lipinski definition) is 0. The number of hydrogen-bond acceptors (Lipinski definition) is 4. The highest BCUT2D eigenvalue weighted by Gasteiger charge is 2.20. The minimum absolute atomic E-state index is 0.00820. The van der Waals surface area contributed by atoms with Gasteiger partial charge in [0.2, 0.25) is 5.88 Å². The van der Waals surface area contributed by atoms with Gasteiger partial charge in [0.05, 0.1) is 12.8 Å². The molecule has 0 saturated heterocycles. The summed E-state index contributed by atoms with van der Waals surface area (Å²) < 4.78 is 6.64. The Morgan fingerprint density at radius 3 is 2.50 bits per heavy atom. The zero-order chi connectivity index (χ0) is 12.3. The largest absolute Gasteiger partial charge is 0.481 e. The highest BCUT2D eigenvalue weighted by atomic mass is 16.5. The molecule has 1 aromatic heterocycles. The highest BCUT2D eigenvalue weighted by molar-refractivity contribution is 6.00. The van der Waals surface area contributed by atoms with E-state index in [1.54, 1.807) is 14.0 Å². The van der Waals surface area contributed by atoms with E-state index in [0.29, 0.717) is 17.1 Å². The smallest absolute Gasteiger partial charge is 0.222 e. The molecule has 0 aliphatic carbocycles. The molecule has 1 heterocycles. The number of ether oxygens (including phenoxy) is 1. The van der Waals surface area contributed by atoms with Crippen LogP contribution in [0.25, 0.3) is 0 Å². The molecule has 0 bridgehead atoms. The highest BCUT2D eigenvalue weighted by Crippen LogP contribution is 2.22. The monoisotopic (exact) mass is 224 g/mol. The van der Waals surface area contributed by atoms with Gasteiger partial charge in [0.1, 0.15) is 11.3 Å². The average Bonchev–Trinajstić information content (AvgIpc) is 2.49. The maximum atomic E-state index is 11.9. The van der Waals surface area contributed by atoms with Gasteiger partial charge in [-0.15, -0.1) is 0 Å². The first-order valence-electron chi connectivity index (χ1n) is 5.07. The lowest BCUT2D eigenvalue weighted by Gasteiger charge is -2.03. The molecule has 88 valence electrons. The van der Waals surface area contributed by atoms with Gasteiger partial charge in [0.25, 0.3) is 0 Å². The lowest BCUT2D eigenvalue weighted by atomic mass is 10.1. The predicted molar refractivity (Wildman–Crippen MR) is 58.7 cm³/mol.